The van der Waals surface area contributed by atoms with Gasteiger partial charge in [-0.3, -0.25) is 9.59 Å². The van der Waals surface area contributed by atoms with Crippen LogP contribution < -0.4 is 16.3 Å². The van der Waals surface area contributed by atoms with E-state index in [9.17, 15) is 9.59 Å². The lowest BCUT2D eigenvalue weighted by atomic mass is 10.4. The second kappa shape index (κ2) is 4.96. The van der Waals surface area contributed by atoms with Crippen LogP contribution in [-0.2, 0) is 4.79 Å². The van der Waals surface area contributed by atoms with Crippen molar-refractivity contribution in [2.24, 2.45) is 5.73 Å². The van der Waals surface area contributed by atoms with Gasteiger partial charge in [-0.15, -0.1) is 0 Å². The predicted molar refractivity (Wildman–Crippen MR) is 65.6 cm³/mol. The third-order valence-corrected chi connectivity index (χ3v) is 2.51. The molecule has 0 fully saturated rings. The molecule has 0 unspecified atom stereocenters. The Morgan fingerprint density at radius 3 is 3.00 bits per heavy atom. The van der Waals surface area contributed by atoms with E-state index in [4.69, 9.17) is 5.73 Å². The fraction of sp³-hybridized carbons (Fsp3) is 0.400. The van der Waals surface area contributed by atoms with Crippen molar-refractivity contribution >= 4 is 17.1 Å². The van der Waals surface area contributed by atoms with Gasteiger partial charge in [-0.2, -0.15) is 0 Å². The normalized spacial score (nSPS) is 10.8. The molecule has 0 saturated carbocycles. The lowest BCUT2D eigenvalue weighted by Crippen LogP contribution is -2.43. The summed E-state index contributed by atoms with van der Waals surface area (Å²) in [7, 11) is 0. The number of imidazole rings is 1. The first kappa shape index (κ1) is 12.2. The molecule has 8 nitrogen and oxygen atoms in total. The number of amides is 1. The number of rotatable bonds is 4. The summed E-state index contributed by atoms with van der Waals surface area (Å²) >= 11 is 0. The summed E-state index contributed by atoms with van der Waals surface area (Å²) in [5.41, 5.74) is 5.69. The first-order valence-electron chi connectivity index (χ1n) is 5.60. The average molecular weight is 250 g/mol. The van der Waals surface area contributed by atoms with Gasteiger partial charge >= 0.3 is 0 Å². The zero-order valence-corrected chi connectivity index (χ0v) is 9.96. The molecule has 0 aliphatic carbocycles. The van der Waals surface area contributed by atoms with Crippen molar-refractivity contribution in [2.45, 2.75) is 13.3 Å². The standard InChI is InChI=1S/C10H14N6O2/c1-2-7(17)15(4-3-11)16-6-14-8-9(16)12-5-13-10(8)18/h5-6H,2-4,11H2,1H3,(H,12,13,18). The molecule has 0 atom stereocenters. The van der Waals surface area contributed by atoms with Crippen molar-refractivity contribution in [3.8, 4) is 0 Å². The number of aromatic nitrogens is 4. The molecule has 18 heavy (non-hydrogen) atoms. The van der Waals surface area contributed by atoms with Crippen LogP contribution in [0.4, 0.5) is 0 Å². The maximum absolute atomic E-state index is 11.8. The highest BCUT2D eigenvalue weighted by molar-refractivity contribution is 5.87. The highest BCUT2D eigenvalue weighted by atomic mass is 16.2. The van der Waals surface area contributed by atoms with Gasteiger partial charge in [0.05, 0.1) is 12.9 Å². The van der Waals surface area contributed by atoms with Gasteiger partial charge in [0.1, 0.15) is 6.33 Å². The van der Waals surface area contributed by atoms with Crippen molar-refractivity contribution in [1.82, 2.24) is 19.6 Å². The number of nitrogens with zero attached hydrogens (tertiary/aromatic N) is 4. The Bertz CT molecular complexity index is 616. The van der Waals surface area contributed by atoms with Crippen LogP contribution in [0.15, 0.2) is 17.4 Å². The summed E-state index contributed by atoms with van der Waals surface area (Å²) in [6.07, 6.45) is 3.01. The first-order chi connectivity index (χ1) is 8.69. The number of hydrogen-bond donors (Lipinski definition) is 2. The van der Waals surface area contributed by atoms with Gasteiger partial charge in [-0.05, 0) is 0 Å². The van der Waals surface area contributed by atoms with Gasteiger partial charge < -0.3 is 10.7 Å². The zero-order valence-electron chi connectivity index (χ0n) is 9.96. The highest BCUT2D eigenvalue weighted by Gasteiger charge is 2.17. The predicted octanol–water partition coefficient (Wildman–Crippen LogP) is -1.05. The smallest absolute Gasteiger partial charge is 0.278 e. The summed E-state index contributed by atoms with van der Waals surface area (Å²) in [5, 5.41) is 1.43. The maximum Gasteiger partial charge on any atom is 0.278 e. The van der Waals surface area contributed by atoms with Crippen molar-refractivity contribution in [1.29, 1.82) is 0 Å². The number of carbonyl (C=O) groups is 1. The van der Waals surface area contributed by atoms with E-state index in [1.165, 1.54) is 22.3 Å². The molecule has 2 heterocycles. The Hall–Kier alpha value is -2.22. The van der Waals surface area contributed by atoms with Crippen LogP contribution in [0.1, 0.15) is 13.3 Å². The lowest BCUT2D eigenvalue weighted by Gasteiger charge is -2.22. The molecular formula is C10H14N6O2. The molecule has 0 aliphatic rings. The summed E-state index contributed by atoms with van der Waals surface area (Å²) in [6.45, 7) is 2.41. The monoisotopic (exact) mass is 250 g/mol. The van der Waals surface area contributed by atoms with E-state index in [-0.39, 0.29) is 17.0 Å². The molecule has 2 rings (SSSR count). The highest BCUT2D eigenvalue weighted by Crippen LogP contribution is 2.06. The maximum atomic E-state index is 11.8. The number of fused-ring (bicyclic) bond motifs is 1. The third kappa shape index (κ3) is 1.97. The van der Waals surface area contributed by atoms with E-state index in [2.05, 4.69) is 15.0 Å². The number of H-pyrrole nitrogens is 1. The van der Waals surface area contributed by atoms with Gasteiger partial charge in [0, 0.05) is 13.0 Å². The number of aromatic amines is 1. The Balaban J connectivity index is 2.54. The van der Waals surface area contributed by atoms with Crippen molar-refractivity contribution < 1.29 is 4.79 Å². The third-order valence-electron chi connectivity index (χ3n) is 2.51. The molecule has 0 aromatic carbocycles. The summed E-state index contributed by atoms with van der Waals surface area (Å²) in [5.74, 6) is -0.109. The fourth-order valence-electron chi connectivity index (χ4n) is 1.67. The molecule has 0 radical (unpaired) electrons. The van der Waals surface area contributed by atoms with E-state index >= 15 is 0 Å². The van der Waals surface area contributed by atoms with Crippen molar-refractivity contribution in [2.75, 3.05) is 18.1 Å². The van der Waals surface area contributed by atoms with Crippen LogP contribution in [0.25, 0.3) is 11.2 Å². The Labute approximate surface area is 102 Å². The molecule has 1 amide bonds. The van der Waals surface area contributed by atoms with Crippen LogP contribution in [0.5, 0.6) is 0 Å². The largest absolute Gasteiger partial charge is 0.329 e. The zero-order chi connectivity index (χ0) is 13.1. The topological polar surface area (TPSA) is 110 Å². The number of nitrogens with two attached hydrogens (primary N) is 1. The first-order valence-corrected chi connectivity index (χ1v) is 5.60. The van der Waals surface area contributed by atoms with E-state index in [1.807, 2.05) is 0 Å². The van der Waals surface area contributed by atoms with Gasteiger partial charge in [0.15, 0.2) is 11.2 Å². The van der Waals surface area contributed by atoms with Crippen LogP contribution in [-0.4, -0.2) is 38.6 Å². The van der Waals surface area contributed by atoms with Crippen LogP contribution >= 0.6 is 0 Å². The van der Waals surface area contributed by atoms with E-state index in [1.54, 1.807) is 6.92 Å². The molecule has 0 bridgehead atoms. The van der Waals surface area contributed by atoms with E-state index in [0.717, 1.165) is 0 Å². The van der Waals surface area contributed by atoms with Gasteiger partial charge in [-0.1, -0.05) is 6.92 Å². The molecule has 0 saturated heterocycles. The molecule has 0 aliphatic heterocycles. The quantitative estimate of drug-likeness (QED) is 0.719. The number of nitrogens with one attached hydrogen (secondary N) is 1. The Morgan fingerprint density at radius 2 is 2.33 bits per heavy atom. The van der Waals surface area contributed by atoms with Crippen molar-refractivity contribution in [3.05, 3.63) is 23.0 Å². The summed E-state index contributed by atoms with van der Waals surface area (Å²) in [4.78, 5) is 33.8. The molecule has 2 aromatic heterocycles. The van der Waals surface area contributed by atoms with Crippen molar-refractivity contribution in [3.63, 3.8) is 0 Å². The minimum absolute atomic E-state index is 0.109. The molecule has 0 spiro atoms. The summed E-state index contributed by atoms with van der Waals surface area (Å²) < 4.78 is 1.46. The van der Waals surface area contributed by atoms with Gasteiger partial charge in [-0.25, -0.2) is 19.7 Å². The molecular weight excluding hydrogens is 236 g/mol. The van der Waals surface area contributed by atoms with Crippen LogP contribution in [0, 0.1) is 0 Å². The lowest BCUT2D eigenvalue weighted by molar-refractivity contribution is -0.119. The summed E-state index contributed by atoms with van der Waals surface area (Å²) in [6, 6.07) is 0. The minimum Gasteiger partial charge on any atom is -0.329 e. The van der Waals surface area contributed by atoms with Gasteiger partial charge in [0.25, 0.3) is 5.56 Å². The minimum atomic E-state index is -0.338. The molecule has 3 N–H and O–H groups in total. The van der Waals surface area contributed by atoms with E-state index < -0.39 is 0 Å². The van der Waals surface area contributed by atoms with Crippen LogP contribution in [0.2, 0.25) is 0 Å². The van der Waals surface area contributed by atoms with Gasteiger partial charge in [0.2, 0.25) is 5.91 Å². The number of carbonyl (C=O) groups excluding carboxylic acids is 1. The second-order valence-electron chi connectivity index (χ2n) is 3.65. The van der Waals surface area contributed by atoms with Crippen LogP contribution in [0.3, 0.4) is 0 Å². The average Bonchev–Trinajstić information content (AvgIpc) is 2.80. The van der Waals surface area contributed by atoms with E-state index in [0.29, 0.717) is 25.2 Å². The second-order valence-corrected chi connectivity index (χ2v) is 3.65. The molecule has 2 aromatic rings. The molecule has 8 heteroatoms. The molecule has 96 valence electrons. The Kier molecular flexibility index (Phi) is 3.38. The number of hydrogen-bond acceptors (Lipinski definition) is 5. The SMILES string of the molecule is CCC(=O)N(CCN)n1cnc2c(=O)[nH]cnc21. The fourth-order valence-corrected chi connectivity index (χ4v) is 1.67. The Morgan fingerprint density at radius 1 is 1.56 bits per heavy atom.